The van der Waals surface area contributed by atoms with E-state index in [1.54, 1.807) is 29.0 Å². The molecule has 5 aromatic rings. The van der Waals surface area contributed by atoms with Crippen molar-refractivity contribution in [1.29, 1.82) is 0 Å². The Morgan fingerprint density at radius 1 is 0.758 bits per heavy atom. The number of aromatic hydroxyl groups is 1. The molecular formula is C48H52N6O8. The third kappa shape index (κ3) is 9.32. The molecule has 14 heteroatoms. The first kappa shape index (κ1) is 42.1. The molecule has 9 rings (SSSR count). The van der Waals surface area contributed by atoms with E-state index in [0.717, 1.165) is 16.8 Å². The van der Waals surface area contributed by atoms with Gasteiger partial charge < -0.3 is 44.1 Å². The second kappa shape index (κ2) is 18.6. The standard InChI is InChI=1S/C35H35N3O5.C13H17N3O3/c1-36(20-27-11-5-2-6-12-27)31-18-17-30(19-32(31)42-22-28-13-7-3-8-14-28)37-24-35(25-41-26-35)38(21-33(37)39)34(40)43-23-29-15-9-4-10-16-29;1-14-10-3-2-9(4-11(10)17)16-6-13(7-19-8-13)15-5-12(16)18/h2-19H,20-26H2,1H3;2-4,14-15,17H,5-8H2,1H3. The number of anilines is 4. The number of nitrogens with zero attached hydrogens (tertiary/aromatic N) is 4. The van der Waals surface area contributed by atoms with Crippen LogP contribution in [0.5, 0.6) is 11.5 Å². The summed E-state index contributed by atoms with van der Waals surface area (Å²) in [6.45, 7) is 4.26. The Kier molecular flexibility index (Phi) is 12.6. The first-order valence-electron chi connectivity index (χ1n) is 20.7. The number of hydrogen-bond donors (Lipinski definition) is 3. The third-order valence-electron chi connectivity index (χ3n) is 11.6. The van der Waals surface area contributed by atoms with E-state index in [-0.39, 0.29) is 36.3 Å². The zero-order valence-electron chi connectivity index (χ0n) is 35.0. The van der Waals surface area contributed by atoms with Gasteiger partial charge in [-0.15, -0.1) is 0 Å². The first-order valence-corrected chi connectivity index (χ1v) is 20.7. The second-order valence-corrected chi connectivity index (χ2v) is 16.1. The Labute approximate surface area is 361 Å². The predicted octanol–water partition coefficient (Wildman–Crippen LogP) is 5.80. The van der Waals surface area contributed by atoms with Gasteiger partial charge in [0.05, 0.1) is 56.4 Å². The summed E-state index contributed by atoms with van der Waals surface area (Å²) >= 11 is 0. The van der Waals surface area contributed by atoms with E-state index in [4.69, 9.17) is 18.9 Å². The zero-order valence-corrected chi connectivity index (χ0v) is 35.0. The lowest BCUT2D eigenvalue weighted by Crippen LogP contribution is -2.74. The summed E-state index contributed by atoms with van der Waals surface area (Å²) in [4.78, 5) is 45.8. The van der Waals surface area contributed by atoms with E-state index in [1.165, 1.54) is 10.5 Å². The van der Waals surface area contributed by atoms with Crippen LogP contribution in [-0.4, -0.2) is 106 Å². The number of piperazine rings is 2. The molecule has 4 aliphatic heterocycles. The number of benzene rings is 5. The van der Waals surface area contributed by atoms with Crippen LogP contribution in [0.2, 0.25) is 0 Å². The van der Waals surface area contributed by atoms with E-state index in [0.29, 0.717) is 82.0 Å². The van der Waals surface area contributed by atoms with Crippen LogP contribution in [0.25, 0.3) is 0 Å². The van der Waals surface area contributed by atoms with Crippen LogP contribution in [0.15, 0.2) is 127 Å². The number of hydrogen-bond acceptors (Lipinski definition) is 11. The number of nitrogens with one attached hydrogen (secondary N) is 2. The van der Waals surface area contributed by atoms with Crippen LogP contribution in [0, 0.1) is 0 Å². The van der Waals surface area contributed by atoms with E-state index >= 15 is 0 Å². The molecule has 3 amide bonds. The SMILES string of the molecule is CN(Cc1ccccc1)c1ccc(N2CC3(COC3)N(C(=O)OCc3ccccc3)CC2=O)cc1OCc1ccccc1.CNc1ccc(N2CC3(COC3)NCC2=O)cc1O. The Balaban J connectivity index is 0.000000231. The Hall–Kier alpha value is -6.61. The van der Waals surface area contributed by atoms with Crippen LogP contribution in [0.1, 0.15) is 16.7 Å². The van der Waals surface area contributed by atoms with Gasteiger partial charge in [0.1, 0.15) is 36.8 Å². The summed E-state index contributed by atoms with van der Waals surface area (Å²) in [7, 11) is 3.77. The predicted molar refractivity (Wildman–Crippen MR) is 237 cm³/mol. The lowest BCUT2D eigenvalue weighted by atomic mass is 9.91. The molecule has 0 bridgehead atoms. The largest absolute Gasteiger partial charge is 0.506 e. The van der Waals surface area contributed by atoms with Crippen molar-refractivity contribution in [2.24, 2.45) is 0 Å². The molecule has 4 fully saturated rings. The van der Waals surface area contributed by atoms with E-state index in [2.05, 4.69) is 27.7 Å². The van der Waals surface area contributed by atoms with Gasteiger partial charge in [-0.05, 0) is 41.0 Å². The van der Waals surface area contributed by atoms with Gasteiger partial charge in [-0.3, -0.25) is 19.8 Å². The third-order valence-corrected chi connectivity index (χ3v) is 11.6. The highest BCUT2D eigenvalue weighted by Crippen LogP contribution is 2.38. The monoisotopic (exact) mass is 840 g/mol. The van der Waals surface area contributed by atoms with Crippen molar-refractivity contribution < 1.29 is 38.4 Å². The van der Waals surface area contributed by atoms with Crippen LogP contribution < -0.4 is 30.1 Å². The molecule has 2 spiro atoms. The minimum Gasteiger partial charge on any atom is -0.506 e. The number of phenols is 1. The highest BCUT2D eigenvalue weighted by Gasteiger charge is 2.53. The molecule has 0 unspecified atom stereocenters. The van der Waals surface area contributed by atoms with Crippen molar-refractivity contribution in [1.82, 2.24) is 10.2 Å². The molecule has 0 aromatic heterocycles. The summed E-state index contributed by atoms with van der Waals surface area (Å²) in [6.07, 6.45) is -0.509. The summed E-state index contributed by atoms with van der Waals surface area (Å²) < 4.78 is 22.8. The Morgan fingerprint density at radius 2 is 1.35 bits per heavy atom. The quantitative estimate of drug-likeness (QED) is 0.139. The van der Waals surface area contributed by atoms with E-state index in [9.17, 15) is 19.5 Å². The zero-order chi connectivity index (χ0) is 43.1. The minimum absolute atomic E-state index is 0.00846. The molecular weight excluding hydrogens is 789 g/mol. The summed E-state index contributed by atoms with van der Waals surface area (Å²) in [6, 6.07) is 40.8. The molecule has 4 aliphatic rings. The van der Waals surface area contributed by atoms with Gasteiger partial charge in [0.2, 0.25) is 11.8 Å². The van der Waals surface area contributed by atoms with E-state index < -0.39 is 11.6 Å². The van der Waals surface area contributed by atoms with Crippen molar-refractivity contribution in [3.63, 3.8) is 0 Å². The molecule has 4 saturated heterocycles. The smallest absolute Gasteiger partial charge is 0.411 e. The normalized spacial score (nSPS) is 17.4. The summed E-state index contributed by atoms with van der Waals surface area (Å²) in [5.74, 6) is 0.643. The van der Waals surface area contributed by atoms with Gasteiger partial charge in [0, 0.05) is 50.7 Å². The van der Waals surface area contributed by atoms with E-state index in [1.807, 2.05) is 110 Å². The minimum atomic E-state index is -0.643. The highest BCUT2D eigenvalue weighted by molar-refractivity contribution is 5.99. The van der Waals surface area contributed by atoms with Crippen molar-refractivity contribution in [3.05, 3.63) is 144 Å². The molecule has 0 aliphatic carbocycles. The molecule has 5 aromatic carbocycles. The fourth-order valence-corrected chi connectivity index (χ4v) is 7.99. The average molecular weight is 841 g/mol. The maximum atomic E-state index is 13.5. The van der Waals surface area contributed by atoms with Crippen molar-refractivity contribution in [2.45, 2.75) is 30.8 Å². The van der Waals surface area contributed by atoms with Crippen LogP contribution in [0.4, 0.5) is 27.5 Å². The number of phenolic OH excluding ortho intramolecular Hbond substituents is 1. The number of ether oxygens (including phenoxy) is 4. The van der Waals surface area contributed by atoms with Gasteiger partial charge in [-0.2, -0.15) is 0 Å². The Morgan fingerprint density at radius 3 is 1.95 bits per heavy atom. The van der Waals surface area contributed by atoms with Crippen molar-refractivity contribution in [3.8, 4) is 11.5 Å². The van der Waals surface area contributed by atoms with Gasteiger partial charge in [-0.1, -0.05) is 91.0 Å². The summed E-state index contributed by atoms with van der Waals surface area (Å²) in [5.41, 5.74) is 5.35. The van der Waals surface area contributed by atoms with Crippen molar-refractivity contribution >= 4 is 40.7 Å². The molecule has 0 saturated carbocycles. The molecule has 322 valence electrons. The van der Waals surface area contributed by atoms with Crippen molar-refractivity contribution in [2.75, 3.05) is 86.7 Å². The highest BCUT2D eigenvalue weighted by atomic mass is 16.6. The fraction of sp³-hybridized carbons (Fsp3) is 0.312. The molecule has 3 N–H and O–H groups in total. The lowest BCUT2D eigenvalue weighted by molar-refractivity contribution is -0.150. The van der Waals surface area contributed by atoms with Gasteiger partial charge in [-0.25, -0.2) is 4.79 Å². The maximum absolute atomic E-state index is 13.5. The molecule has 0 atom stereocenters. The topological polar surface area (TPSA) is 145 Å². The van der Waals surface area contributed by atoms with Crippen LogP contribution in [-0.2, 0) is 43.6 Å². The lowest BCUT2D eigenvalue weighted by Gasteiger charge is -2.53. The number of carbonyl (C=O) groups is 3. The number of rotatable bonds is 11. The average Bonchev–Trinajstić information content (AvgIpc) is 3.27. The molecule has 0 radical (unpaired) electrons. The fourth-order valence-electron chi connectivity index (χ4n) is 7.99. The Bertz CT molecular complexity index is 2340. The van der Waals surface area contributed by atoms with Crippen LogP contribution in [0.3, 0.4) is 0 Å². The first-order chi connectivity index (χ1) is 30.1. The van der Waals surface area contributed by atoms with Gasteiger partial charge in [0.15, 0.2) is 0 Å². The second-order valence-electron chi connectivity index (χ2n) is 16.1. The number of amides is 3. The van der Waals surface area contributed by atoms with Gasteiger partial charge >= 0.3 is 6.09 Å². The number of carbonyl (C=O) groups excluding carboxylic acids is 3. The molecule has 62 heavy (non-hydrogen) atoms. The molecule has 4 heterocycles. The van der Waals surface area contributed by atoms with Gasteiger partial charge in [0.25, 0.3) is 0 Å². The van der Waals surface area contributed by atoms with Crippen LogP contribution >= 0.6 is 0 Å². The summed E-state index contributed by atoms with van der Waals surface area (Å²) in [5, 5.41) is 16.0. The maximum Gasteiger partial charge on any atom is 0.411 e. The molecule has 14 nitrogen and oxygen atoms in total.